The van der Waals surface area contributed by atoms with E-state index in [0.29, 0.717) is 5.92 Å². The Labute approximate surface area is 125 Å². The monoisotopic (exact) mass is 408 g/mol. The predicted molar refractivity (Wildman–Crippen MR) is 83.0 cm³/mol. The zero-order valence-electron chi connectivity index (χ0n) is 9.83. The predicted octanol–water partition coefficient (Wildman–Crippen LogP) is 5.06. The van der Waals surface area contributed by atoms with E-state index in [1.807, 2.05) is 6.07 Å². The second-order valence-corrected chi connectivity index (χ2v) is 6.94. The van der Waals surface area contributed by atoms with Gasteiger partial charge in [-0.3, -0.25) is 0 Å². The van der Waals surface area contributed by atoms with Gasteiger partial charge in [0.05, 0.1) is 6.10 Å². The number of benzene rings is 1. The van der Waals surface area contributed by atoms with Crippen LogP contribution < -0.4 is 0 Å². The summed E-state index contributed by atoms with van der Waals surface area (Å²) in [6, 6.07) is 6.17. The fourth-order valence-electron chi connectivity index (χ4n) is 2.62. The van der Waals surface area contributed by atoms with Gasteiger partial charge >= 0.3 is 0 Å². The van der Waals surface area contributed by atoms with Crippen LogP contribution in [0.1, 0.15) is 50.2 Å². The molecule has 0 heterocycles. The molecule has 1 atom stereocenters. The van der Waals surface area contributed by atoms with Gasteiger partial charge in [0.15, 0.2) is 0 Å². The van der Waals surface area contributed by atoms with Gasteiger partial charge in [0.2, 0.25) is 0 Å². The van der Waals surface area contributed by atoms with Crippen LogP contribution >= 0.6 is 38.5 Å². The lowest BCUT2D eigenvalue weighted by atomic mass is 9.89. The van der Waals surface area contributed by atoms with Crippen molar-refractivity contribution in [3.8, 4) is 0 Å². The molecule has 1 aromatic carbocycles. The van der Waals surface area contributed by atoms with E-state index in [1.54, 1.807) is 0 Å². The average Bonchev–Trinajstić information content (AvgIpc) is 2.60. The molecule has 0 spiro atoms. The molecule has 2 rings (SSSR count). The van der Waals surface area contributed by atoms with Crippen molar-refractivity contribution >= 4 is 38.5 Å². The summed E-state index contributed by atoms with van der Waals surface area (Å²) in [5.41, 5.74) is 1.09. The quantitative estimate of drug-likeness (QED) is 0.535. The molecule has 1 aliphatic rings. The largest absolute Gasteiger partial charge is 0.388 e. The molecular formula is C14H18BrIO. The van der Waals surface area contributed by atoms with Crippen molar-refractivity contribution in [1.82, 2.24) is 0 Å². The maximum absolute atomic E-state index is 10.5. The van der Waals surface area contributed by atoms with E-state index in [4.69, 9.17) is 0 Å². The maximum atomic E-state index is 10.5. The van der Waals surface area contributed by atoms with E-state index >= 15 is 0 Å². The molecular weight excluding hydrogens is 391 g/mol. The summed E-state index contributed by atoms with van der Waals surface area (Å²) in [6.45, 7) is 0. The van der Waals surface area contributed by atoms with Gasteiger partial charge in [0.1, 0.15) is 0 Å². The van der Waals surface area contributed by atoms with Gasteiger partial charge in [-0.2, -0.15) is 0 Å². The first kappa shape index (κ1) is 13.8. The highest BCUT2D eigenvalue weighted by Gasteiger charge is 2.23. The van der Waals surface area contributed by atoms with Gasteiger partial charge in [-0.1, -0.05) is 41.6 Å². The van der Waals surface area contributed by atoms with Crippen LogP contribution in [0.3, 0.4) is 0 Å². The van der Waals surface area contributed by atoms with Crippen molar-refractivity contribution < 1.29 is 5.11 Å². The zero-order valence-corrected chi connectivity index (χ0v) is 13.6. The summed E-state index contributed by atoms with van der Waals surface area (Å²) >= 11 is 5.81. The topological polar surface area (TPSA) is 20.2 Å². The first-order chi connectivity index (χ1) is 8.18. The smallest absolute Gasteiger partial charge is 0.0828 e. The number of aliphatic hydroxyl groups excluding tert-OH is 1. The molecule has 0 saturated heterocycles. The Morgan fingerprint density at radius 2 is 1.82 bits per heavy atom. The highest BCUT2D eigenvalue weighted by atomic mass is 127. The van der Waals surface area contributed by atoms with Crippen LogP contribution in [0.2, 0.25) is 0 Å². The van der Waals surface area contributed by atoms with Gasteiger partial charge < -0.3 is 5.11 Å². The van der Waals surface area contributed by atoms with Crippen LogP contribution in [0.4, 0.5) is 0 Å². The normalized spacial score (nSPS) is 19.9. The Hall–Kier alpha value is 0.390. The molecule has 1 aromatic rings. The first-order valence-electron chi connectivity index (χ1n) is 6.31. The molecule has 1 unspecified atom stereocenters. The molecule has 1 aliphatic carbocycles. The molecule has 3 heteroatoms. The number of hydrogen-bond donors (Lipinski definition) is 1. The van der Waals surface area contributed by atoms with E-state index in [2.05, 4.69) is 50.7 Å². The second kappa shape index (κ2) is 6.53. The molecule has 0 aliphatic heterocycles. The van der Waals surface area contributed by atoms with E-state index in [0.717, 1.165) is 10.0 Å². The molecule has 0 aromatic heterocycles. The molecule has 17 heavy (non-hydrogen) atoms. The number of aliphatic hydroxyl groups is 1. The summed E-state index contributed by atoms with van der Waals surface area (Å²) in [6.07, 6.45) is 7.25. The van der Waals surface area contributed by atoms with Crippen molar-refractivity contribution in [2.24, 2.45) is 5.92 Å². The van der Waals surface area contributed by atoms with Crippen molar-refractivity contribution in [3.63, 3.8) is 0 Å². The molecule has 0 amide bonds. The van der Waals surface area contributed by atoms with Crippen LogP contribution in [-0.2, 0) is 0 Å². The van der Waals surface area contributed by atoms with E-state index in [9.17, 15) is 5.11 Å². The summed E-state index contributed by atoms with van der Waals surface area (Å²) < 4.78 is 2.23. The summed E-state index contributed by atoms with van der Waals surface area (Å²) in [5, 5.41) is 10.5. The van der Waals surface area contributed by atoms with Gasteiger partial charge in [-0.15, -0.1) is 0 Å². The number of halogens is 2. The Morgan fingerprint density at radius 1 is 1.18 bits per heavy atom. The van der Waals surface area contributed by atoms with E-state index < -0.39 is 0 Å². The summed E-state index contributed by atoms with van der Waals surface area (Å²) in [7, 11) is 0. The lowest BCUT2D eigenvalue weighted by Gasteiger charge is -2.22. The molecule has 0 radical (unpaired) electrons. The van der Waals surface area contributed by atoms with Crippen LogP contribution in [0.5, 0.6) is 0 Å². The minimum absolute atomic E-state index is 0.294. The SMILES string of the molecule is OC(c1cc(Br)ccc1I)C1CCCCCC1. The zero-order chi connectivity index (χ0) is 12.3. The van der Waals surface area contributed by atoms with Crippen molar-refractivity contribution in [2.75, 3.05) is 0 Å². The Kier molecular flexibility index (Phi) is 5.30. The van der Waals surface area contributed by atoms with Crippen molar-refractivity contribution in [2.45, 2.75) is 44.6 Å². The third-order valence-electron chi connectivity index (χ3n) is 3.62. The minimum Gasteiger partial charge on any atom is -0.388 e. The first-order valence-corrected chi connectivity index (χ1v) is 8.18. The molecule has 0 bridgehead atoms. The van der Waals surface area contributed by atoms with Crippen LogP contribution in [0, 0.1) is 9.49 Å². The standard InChI is InChI=1S/C14H18BrIO/c15-11-7-8-13(16)12(9-11)14(17)10-5-3-1-2-4-6-10/h7-10,14,17H,1-6H2. The van der Waals surface area contributed by atoms with Crippen LogP contribution in [-0.4, -0.2) is 5.11 Å². The van der Waals surface area contributed by atoms with E-state index in [1.165, 1.54) is 42.1 Å². The van der Waals surface area contributed by atoms with E-state index in [-0.39, 0.29) is 6.10 Å². The second-order valence-electron chi connectivity index (χ2n) is 4.86. The Balaban J connectivity index is 2.16. The molecule has 1 fully saturated rings. The Morgan fingerprint density at radius 3 is 2.47 bits per heavy atom. The lowest BCUT2D eigenvalue weighted by Crippen LogP contribution is -2.13. The lowest BCUT2D eigenvalue weighted by molar-refractivity contribution is 0.0980. The van der Waals surface area contributed by atoms with Gasteiger partial charge in [-0.05, 0) is 65.1 Å². The number of hydrogen-bond acceptors (Lipinski definition) is 1. The summed E-state index contributed by atoms with van der Waals surface area (Å²) in [5.74, 6) is 0.445. The van der Waals surface area contributed by atoms with Gasteiger partial charge in [-0.25, -0.2) is 0 Å². The van der Waals surface area contributed by atoms with Gasteiger partial charge in [0.25, 0.3) is 0 Å². The minimum atomic E-state index is -0.294. The molecule has 1 nitrogen and oxygen atoms in total. The fourth-order valence-corrected chi connectivity index (χ4v) is 3.66. The van der Waals surface area contributed by atoms with Crippen molar-refractivity contribution in [3.05, 3.63) is 31.8 Å². The highest BCUT2D eigenvalue weighted by Crippen LogP contribution is 2.36. The highest BCUT2D eigenvalue weighted by molar-refractivity contribution is 14.1. The third-order valence-corrected chi connectivity index (χ3v) is 5.10. The van der Waals surface area contributed by atoms with Crippen LogP contribution in [0.25, 0.3) is 0 Å². The fraction of sp³-hybridized carbons (Fsp3) is 0.571. The van der Waals surface area contributed by atoms with Crippen molar-refractivity contribution in [1.29, 1.82) is 0 Å². The number of rotatable bonds is 2. The maximum Gasteiger partial charge on any atom is 0.0828 e. The molecule has 1 saturated carbocycles. The van der Waals surface area contributed by atoms with Gasteiger partial charge in [0, 0.05) is 8.04 Å². The Bertz CT molecular complexity index is 372. The van der Waals surface area contributed by atoms with Crippen LogP contribution in [0.15, 0.2) is 22.7 Å². The molecule has 94 valence electrons. The average molecular weight is 409 g/mol. The third kappa shape index (κ3) is 3.67. The molecule has 1 N–H and O–H groups in total. The summed E-state index contributed by atoms with van der Waals surface area (Å²) in [4.78, 5) is 0.